The van der Waals surface area contributed by atoms with Crippen LogP contribution in [0.1, 0.15) is 25.0 Å². The molecule has 9 aromatic rings. The van der Waals surface area contributed by atoms with E-state index >= 15 is 0 Å². The van der Waals surface area contributed by atoms with Gasteiger partial charge in [0.05, 0.1) is 0 Å². The minimum absolute atomic E-state index is 0.190. The molecule has 3 nitrogen and oxygen atoms in total. The number of rotatable bonds is 4. The molecule has 8 aromatic carbocycles. The molecule has 0 bridgehead atoms. The second-order valence-electron chi connectivity index (χ2n) is 14.0. The van der Waals surface area contributed by atoms with Gasteiger partial charge in [-0.15, -0.1) is 0 Å². The first-order chi connectivity index (χ1) is 25.0. The molecule has 0 amide bonds. The highest BCUT2D eigenvalue weighted by Gasteiger charge is 2.36. The molecule has 0 spiro atoms. The van der Waals surface area contributed by atoms with Crippen LogP contribution in [-0.4, -0.2) is 15.0 Å². The summed E-state index contributed by atoms with van der Waals surface area (Å²) in [7, 11) is 0. The zero-order valence-corrected chi connectivity index (χ0v) is 28.4. The van der Waals surface area contributed by atoms with E-state index in [4.69, 9.17) is 15.0 Å². The average Bonchev–Trinajstić information content (AvgIpc) is 3.42. The van der Waals surface area contributed by atoms with Crippen molar-refractivity contribution in [1.29, 1.82) is 0 Å². The van der Waals surface area contributed by atoms with Crippen molar-refractivity contribution >= 4 is 32.3 Å². The summed E-state index contributed by atoms with van der Waals surface area (Å²) in [5.41, 5.74) is 10.3. The second-order valence-corrected chi connectivity index (χ2v) is 14.0. The Balaban J connectivity index is 1.15. The summed E-state index contributed by atoms with van der Waals surface area (Å²) >= 11 is 0. The SMILES string of the molecule is CC1(C)c2cc(-c3ccccc3-c3nc(-c4ccccc4)nc(-c4ccccc4)n3)ccc2-c2cc3c4ccccc4c4ccccc4c3cc21. The van der Waals surface area contributed by atoms with E-state index in [9.17, 15) is 0 Å². The van der Waals surface area contributed by atoms with Gasteiger partial charge in [-0.2, -0.15) is 0 Å². The van der Waals surface area contributed by atoms with Crippen molar-refractivity contribution in [3.8, 4) is 56.4 Å². The highest BCUT2D eigenvalue weighted by atomic mass is 15.0. The standard InChI is InChI=1S/C48H33N3/c1-48(2)43-27-32(25-26-38(43)42-28-40-36-22-12-10-20-34(36)35-21-11-13-23-37(35)41(40)29-44(42)48)33-19-9-14-24-39(33)47-50-45(30-15-5-3-6-16-30)49-46(51-47)31-17-7-4-8-18-31/h3-29H,1-2H3. The van der Waals surface area contributed by atoms with Crippen molar-refractivity contribution in [2.24, 2.45) is 0 Å². The molecule has 1 aliphatic carbocycles. The Hall–Kier alpha value is -6.45. The van der Waals surface area contributed by atoms with E-state index in [0.29, 0.717) is 17.5 Å². The Morgan fingerprint density at radius 1 is 0.314 bits per heavy atom. The van der Waals surface area contributed by atoms with Gasteiger partial charge in [-0.25, -0.2) is 15.0 Å². The molecule has 0 atom stereocenters. The fraction of sp³-hybridized carbons (Fsp3) is 0.0625. The van der Waals surface area contributed by atoms with Crippen molar-refractivity contribution < 1.29 is 0 Å². The predicted octanol–water partition coefficient (Wildman–Crippen LogP) is 12.3. The first kappa shape index (κ1) is 29.5. The number of hydrogen-bond acceptors (Lipinski definition) is 3. The fourth-order valence-corrected chi connectivity index (χ4v) is 8.16. The van der Waals surface area contributed by atoms with Crippen molar-refractivity contribution in [2.75, 3.05) is 0 Å². The summed E-state index contributed by atoms with van der Waals surface area (Å²) in [6.07, 6.45) is 0. The van der Waals surface area contributed by atoms with Crippen LogP contribution in [0.25, 0.3) is 88.7 Å². The van der Waals surface area contributed by atoms with Gasteiger partial charge in [-0.05, 0) is 83.9 Å². The van der Waals surface area contributed by atoms with Gasteiger partial charge in [0.25, 0.3) is 0 Å². The second kappa shape index (κ2) is 11.3. The number of hydrogen-bond donors (Lipinski definition) is 0. The molecule has 1 heterocycles. The lowest BCUT2D eigenvalue weighted by molar-refractivity contribution is 0.661. The van der Waals surface area contributed by atoms with E-state index in [1.807, 2.05) is 36.4 Å². The topological polar surface area (TPSA) is 38.7 Å². The summed E-state index contributed by atoms with van der Waals surface area (Å²) in [4.78, 5) is 15.1. The fourth-order valence-electron chi connectivity index (χ4n) is 8.16. The maximum Gasteiger partial charge on any atom is 0.164 e. The van der Waals surface area contributed by atoms with E-state index in [-0.39, 0.29) is 5.41 Å². The molecule has 0 saturated heterocycles. The third-order valence-electron chi connectivity index (χ3n) is 10.7. The number of fused-ring (bicyclic) bond motifs is 9. The monoisotopic (exact) mass is 651 g/mol. The van der Waals surface area contributed by atoms with Crippen LogP contribution in [0, 0.1) is 0 Å². The van der Waals surface area contributed by atoms with Crippen LogP contribution in [0.2, 0.25) is 0 Å². The highest BCUT2D eigenvalue weighted by molar-refractivity contribution is 6.26. The van der Waals surface area contributed by atoms with Gasteiger partial charge in [0, 0.05) is 22.1 Å². The maximum atomic E-state index is 5.08. The molecule has 3 heteroatoms. The first-order valence-electron chi connectivity index (χ1n) is 17.5. The van der Waals surface area contributed by atoms with Crippen LogP contribution in [0.15, 0.2) is 164 Å². The lowest BCUT2D eigenvalue weighted by Gasteiger charge is -2.23. The molecule has 1 aromatic heterocycles. The minimum atomic E-state index is -0.190. The summed E-state index contributed by atoms with van der Waals surface area (Å²) < 4.78 is 0. The molecule has 0 aliphatic heterocycles. The zero-order chi connectivity index (χ0) is 34.1. The van der Waals surface area contributed by atoms with Crippen molar-refractivity contribution in [2.45, 2.75) is 19.3 Å². The van der Waals surface area contributed by atoms with E-state index < -0.39 is 0 Å². The molecule has 0 fully saturated rings. The molecule has 0 saturated carbocycles. The lowest BCUT2D eigenvalue weighted by Crippen LogP contribution is -2.15. The van der Waals surface area contributed by atoms with Gasteiger partial charge < -0.3 is 0 Å². The van der Waals surface area contributed by atoms with Crippen molar-refractivity contribution in [1.82, 2.24) is 15.0 Å². The summed E-state index contributed by atoms with van der Waals surface area (Å²) in [6, 6.07) is 58.4. The molecular formula is C48H33N3. The third kappa shape index (κ3) is 4.62. The summed E-state index contributed by atoms with van der Waals surface area (Å²) in [6.45, 7) is 4.74. The lowest BCUT2D eigenvalue weighted by atomic mass is 9.80. The Bertz CT molecular complexity index is 2760. The van der Waals surface area contributed by atoms with Gasteiger partial charge in [0.15, 0.2) is 17.5 Å². The molecule has 1 aliphatic rings. The molecule has 51 heavy (non-hydrogen) atoms. The zero-order valence-electron chi connectivity index (χ0n) is 28.4. The van der Waals surface area contributed by atoms with Crippen LogP contribution in [-0.2, 0) is 5.41 Å². The van der Waals surface area contributed by atoms with Gasteiger partial charge in [-0.1, -0.05) is 159 Å². The van der Waals surface area contributed by atoms with Crippen LogP contribution >= 0.6 is 0 Å². The Morgan fingerprint density at radius 2 is 0.765 bits per heavy atom. The number of benzene rings is 8. The average molecular weight is 652 g/mol. The van der Waals surface area contributed by atoms with Gasteiger partial charge in [0.1, 0.15) is 0 Å². The minimum Gasteiger partial charge on any atom is -0.208 e. The maximum absolute atomic E-state index is 5.08. The Labute approximate surface area is 297 Å². The van der Waals surface area contributed by atoms with Crippen LogP contribution in [0.3, 0.4) is 0 Å². The quantitative estimate of drug-likeness (QED) is 0.178. The van der Waals surface area contributed by atoms with E-state index in [1.54, 1.807) is 0 Å². The third-order valence-corrected chi connectivity index (χ3v) is 10.7. The predicted molar refractivity (Wildman–Crippen MR) is 212 cm³/mol. The molecule has 0 N–H and O–H groups in total. The Morgan fingerprint density at radius 3 is 1.35 bits per heavy atom. The Kier molecular flexibility index (Phi) is 6.53. The van der Waals surface area contributed by atoms with Crippen LogP contribution < -0.4 is 0 Å². The van der Waals surface area contributed by atoms with Gasteiger partial charge in [-0.3, -0.25) is 0 Å². The summed E-state index contributed by atoms with van der Waals surface area (Å²) in [5, 5.41) is 7.82. The largest absolute Gasteiger partial charge is 0.208 e. The molecule has 0 radical (unpaired) electrons. The first-order valence-corrected chi connectivity index (χ1v) is 17.5. The molecule has 0 unspecified atom stereocenters. The normalized spacial score (nSPS) is 13.1. The number of nitrogens with zero attached hydrogens (tertiary/aromatic N) is 3. The van der Waals surface area contributed by atoms with E-state index in [0.717, 1.165) is 27.8 Å². The van der Waals surface area contributed by atoms with E-state index in [2.05, 4.69) is 141 Å². The molecule has 240 valence electrons. The molecule has 10 rings (SSSR count). The van der Waals surface area contributed by atoms with Gasteiger partial charge in [0.2, 0.25) is 0 Å². The van der Waals surface area contributed by atoms with Gasteiger partial charge >= 0.3 is 0 Å². The highest BCUT2D eigenvalue weighted by Crippen LogP contribution is 2.52. The molecular weight excluding hydrogens is 619 g/mol. The smallest absolute Gasteiger partial charge is 0.164 e. The van der Waals surface area contributed by atoms with Crippen molar-refractivity contribution in [3.05, 3.63) is 175 Å². The van der Waals surface area contributed by atoms with Crippen LogP contribution in [0.4, 0.5) is 0 Å². The van der Waals surface area contributed by atoms with Crippen LogP contribution in [0.5, 0.6) is 0 Å². The number of aromatic nitrogens is 3. The van der Waals surface area contributed by atoms with E-state index in [1.165, 1.54) is 54.6 Å². The summed E-state index contributed by atoms with van der Waals surface area (Å²) in [5.74, 6) is 1.98. The van der Waals surface area contributed by atoms with Crippen molar-refractivity contribution in [3.63, 3.8) is 0 Å².